The van der Waals surface area contributed by atoms with Crippen molar-refractivity contribution in [2.75, 3.05) is 5.32 Å². The molecule has 0 saturated carbocycles. The SMILES string of the molecule is Cc1ccc([C@H]2CC(=O)Nc3c2c(C)nn3-c2ccc3nncn3n2)c(C)c1. The Morgan fingerprint density at radius 3 is 2.79 bits per heavy atom. The van der Waals surface area contributed by atoms with Crippen LogP contribution in [0.3, 0.4) is 0 Å². The Hall–Kier alpha value is -3.55. The third-order valence-corrected chi connectivity index (χ3v) is 5.27. The normalized spacial score (nSPS) is 16.2. The monoisotopic (exact) mass is 373 g/mol. The van der Waals surface area contributed by atoms with Crippen LogP contribution < -0.4 is 5.32 Å². The lowest BCUT2D eigenvalue weighted by Gasteiger charge is -2.25. The number of hydrogen-bond acceptors (Lipinski definition) is 5. The van der Waals surface area contributed by atoms with Gasteiger partial charge in [0, 0.05) is 17.9 Å². The number of carbonyl (C=O) groups excluding carboxylic acids is 1. The Bertz CT molecular complexity index is 1240. The summed E-state index contributed by atoms with van der Waals surface area (Å²) in [5, 5.41) is 20.1. The highest BCUT2D eigenvalue weighted by atomic mass is 16.1. The second-order valence-corrected chi connectivity index (χ2v) is 7.25. The molecule has 0 spiro atoms. The summed E-state index contributed by atoms with van der Waals surface area (Å²) in [6.07, 6.45) is 1.94. The fraction of sp³-hybridized carbons (Fsp3) is 0.250. The lowest BCUT2D eigenvalue weighted by molar-refractivity contribution is -0.116. The van der Waals surface area contributed by atoms with E-state index in [0.29, 0.717) is 23.7 Å². The number of fused-ring (bicyclic) bond motifs is 2. The van der Waals surface area contributed by atoms with Crippen LogP contribution in [0.2, 0.25) is 0 Å². The maximum atomic E-state index is 12.6. The zero-order valence-corrected chi connectivity index (χ0v) is 15.8. The zero-order valence-electron chi connectivity index (χ0n) is 15.8. The minimum absolute atomic E-state index is 0.0241. The minimum atomic E-state index is -0.0308. The topological polar surface area (TPSA) is 90.0 Å². The van der Waals surface area contributed by atoms with E-state index >= 15 is 0 Å². The van der Waals surface area contributed by atoms with Gasteiger partial charge in [-0.25, -0.2) is 0 Å². The van der Waals surface area contributed by atoms with Gasteiger partial charge in [0.05, 0.1) is 5.69 Å². The predicted molar refractivity (Wildman–Crippen MR) is 104 cm³/mol. The molecule has 0 radical (unpaired) electrons. The van der Waals surface area contributed by atoms with Crippen molar-refractivity contribution < 1.29 is 4.79 Å². The van der Waals surface area contributed by atoms with Crippen LogP contribution in [0.25, 0.3) is 11.5 Å². The highest BCUT2D eigenvalue weighted by Gasteiger charge is 2.33. The van der Waals surface area contributed by atoms with E-state index in [4.69, 9.17) is 5.10 Å². The molecule has 8 nitrogen and oxygen atoms in total. The summed E-state index contributed by atoms with van der Waals surface area (Å²) in [5.74, 6) is 1.22. The molecule has 0 aliphatic carbocycles. The van der Waals surface area contributed by atoms with E-state index in [0.717, 1.165) is 16.8 Å². The molecule has 5 rings (SSSR count). The first-order valence-corrected chi connectivity index (χ1v) is 9.15. The van der Waals surface area contributed by atoms with E-state index in [9.17, 15) is 4.79 Å². The zero-order chi connectivity index (χ0) is 19.4. The van der Waals surface area contributed by atoms with E-state index in [1.165, 1.54) is 11.1 Å². The molecule has 3 aromatic heterocycles. The summed E-state index contributed by atoms with van der Waals surface area (Å²) < 4.78 is 3.28. The molecule has 8 heteroatoms. The van der Waals surface area contributed by atoms with Crippen molar-refractivity contribution in [3.8, 4) is 5.82 Å². The summed E-state index contributed by atoms with van der Waals surface area (Å²) in [4.78, 5) is 12.6. The van der Waals surface area contributed by atoms with Gasteiger partial charge >= 0.3 is 0 Å². The van der Waals surface area contributed by atoms with Crippen LogP contribution in [0.15, 0.2) is 36.7 Å². The fourth-order valence-corrected chi connectivity index (χ4v) is 4.03. The highest BCUT2D eigenvalue weighted by molar-refractivity contribution is 5.95. The molecule has 4 heterocycles. The quantitative estimate of drug-likeness (QED) is 0.583. The standard InChI is InChI=1S/C20H19N7O/c1-11-4-5-14(12(2)8-11)15-9-18(28)22-20-19(15)13(3)24-27(20)17-7-6-16-23-21-10-26(16)25-17/h4-8,10,15H,9H2,1-3H3,(H,22,28)/t15-/m1/s1. The van der Waals surface area contributed by atoms with Crippen molar-refractivity contribution in [2.45, 2.75) is 33.1 Å². The van der Waals surface area contributed by atoms with Crippen LogP contribution in [0.5, 0.6) is 0 Å². The Morgan fingerprint density at radius 2 is 1.96 bits per heavy atom. The number of benzene rings is 1. The van der Waals surface area contributed by atoms with E-state index in [1.807, 2.05) is 19.1 Å². The Kier molecular flexibility index (Phi) is 3.55. The number of carbonyl (C=O) groups is 1. The van der Waals surface area contributed by atoms with Crippen LogP contribution in [-0.2, 0) is 4.79 Å². The number of aromatic nitrogens is 6. The molecule has 0 unspecified atom stereocenters. The highest BCUT2D eigenvalue weighted by Crippen LogP contribution is 2.41. The number of rotatable bonds is 2. The van der Waals surface area contributed by atoms with Gasteiger partial charge in [-0.2, -0.15) is 14.3 Å². The molecular weight excluding hydrogens is 354 g/mol. The fourth-order valence-electron chi connectivity index (χ4n) is 4.03. The predicted octanol–water partition coefficient (Wildman–Crippen LogP) is 2.71. The van der Waals surface area contributed by atoms with Gasteiger partial charge in [-0.1, -0.05) is 23.8 Å². The van der Waals surface area contributed by atoms with Crippen molar-refractivity contribution in [1.82, 2.24) is 29.6 Å². The minimum Gasteiger partial charge on any atom is -0.310 e. The maximum Gasteiger partial charge on any atom is 0.226 e. The maximum absolute atomic E-state index is 12.6. The molecule has 4 aromatic rings. The average molecular weight is 373 g/mol. The molecule has 1 aliphatic rings. The third kappa shape index (κ3) is 2.49. The molecule has 0 fully saturated rings. The number of amides is 1. The lowest BCUT2D eigenvalue weighted by Crippen LogP contribution is -2.25. The van der Waals surface area contributed by atoms with Crippen molar-refractivity contribution >= 4 is 17.4 Å². The lowest BCUT2D eigenvalue weighted by atomic mass is 9.83. The first-order valence-electron chi connectivity index (χ1n) is 9.15. The van der Waals surface area contributed by atoms with Gasteiger partial charge in [-0.05, 0) is 44.0 Å². The summed E-state index contributed by atoms with van der Waals surface area (Å²) in [6, 6.07) is 10.0. The summed E-state index contributed by atoms with van der Waals surface area (Å²) in [5.41, 5.74) is 6.12. The third-order valence-electron chi connectivity index (χ3n) is 5.27. The molecule has 0 bridgehead atoms. The van der Waals surface area contributed by atoms with Crippen molar-refractivity contribution in [3.05, 3.63) is 64.6 Å². The summed E-state index contributed by atoms with van der Waals surface area (Å²) >= 11 is 0. The van der Waals surface area contributed by atoms with Crippen LogP contribution in [0, 0.1) is 20.8 Å². The second-order valence-electron chi connectivity index (χ2n) is 7.25. The number of nitrogens with one attached hydrogen (secondary N) is 1. The van der Waals surface area contributed by atoms with Crippen LogP contribution in [-0.4, -0.2) is 35.5 Å². The van der Waals surface area contributed by atoms with Crippen molar-refractivity contribution in [1.29, 1.82) is 0 Å². The van der Waals surface area contributed by atoms with E-state index in [-0.39, 0.29) is 11.8 Å². The first kappa shape index (κ1) is 16.6. The van der Waals surface area contributed by atoms with Crippen molar-refractivity contribution in [3.63, 3.8) is 0 Å². The van der Waals surface area contributed by atoms with E-state index < -0.39 is 0 Å². The van der Waals surface area contributed by atoms with Gasteiger partial charge in [0.25, 0.3) is 0 Å². The number of nitrogens with zero attached hydrogens (tertiary/aromatic N) is 6. The van der Waals surface area contributed by atoms with Crippen LogP contribution in [0.4, 0.5) is 5.82 Å². The Balaban J connectivity index is 1.69. The van der Waals surface area contributed by atoms with E-state index in [1.54, 1.807) is 15.5 Å². The van der Waals surface area contributed by atoms with Gasteiger partial charge < -0.3 is 5.32 Å². The molecule has 28 heavy (non-hydrogen) atoms. The summed E-state index contributed by atoms with van der Waals surface area (Å²) in [6.45, 7) is 6.14. The smallest absolute Gasteiger partial charge is 0.226 e. The number of aryl methyl sites for hydroxylation is 3. The molecule has 140 valence electrons. The number of anilines is 1. The summed E-state index contributed by atoms with van der Waals surface area (Å²) in [7, 11) is 0. The molecule has 1 aliphatic heterocycles. The van der Waals surface area contributed by atoms with Gasteiger partial charge in [-0.3, -0.25) is 4.79 Å². The second kappa shape index (κ2) is 5.98. The molecule has 1 N–H and O–H groups in total. The van der Waals surface area contributed by atoms with E-state index in [2.05, 4.69) is 52.7 Å². The van der Waals surface area contributed by atoms with Gasteiger partial charge in [-0.15, -0.1) is 15.3 Å². The average Bonchev–Trinajstić information content (AvgIpc) is 3.25. The molecule has 1 atom stereocenters. The Labute approximate surface area is 161 Å². The molecule has 1 amide bonds. The largest absolute Gasteiger partial charge is 0.310 e. The van der Waals surface area contributed by atoms with Crippen molar-refractivity contribution in [2.24, 2.45) is 0 Å². The van der Waals surface area contributed by atoms with Crippen LogP contribution in [0.1, 0.15) is 40.3 Å². The van der Waals surface area contributed by atoms with Gasteiger partial charge in [0.1, 0.15) is 12.1 Å². The van der Waals surface area contributed by atoms with Gasteiger partial charge in [0.15, 0.2) is 11.5 Å². The molecule has 0 saturated heterocycles. The van der Waals surface area contributed by atoms with Gasteiger partial charge in [0.2, 0.25) is 5.91 Å². The molecular formula is C20H19N7O. The number of hydrogen-bond donors (Lipinski definition) is 1. The first-order chi connectivity index (χ1) is 13.5. The molecule has 1 aromatic carbocycles. The van der Waals surface area contributed by atoms with Crippen LogP contribution >= 0.6 is 0 Å². The Morgan fingerprint density at radius 1 is 1.11 bits per heavy atom.